The molecular weight excluding hydrogens is 296 g/mol. The van der Waals surface area contributed by atoms with Crippen LogP contribution in [-0.4, -0.2) is 12.6 Å². The summed E-state index contributed by atoms with van der Waals surface area (Å²) >= 11 is 0. The van der Waals surface area contributed by atoms with Crippen LogP contribution in [0.2, 0.25) is 0 Å². The van der Waals surface area contributed by atoms with Crippen LogP contribution >= 0.6 is 0 Å². The molecule has 1 spiro atoms. The minimum atomic E-state index is -0.106. The Morgan fingerprint density at radius 3 is 2.42 bits per heavy atom. The van der Waals surface area contributed by atoms with E-state index in [1.807, 2.05) is 0 Å². The van der Waals surface area contributed by atoms with Gasteiger partial charge in [0, 0.05) is 12.3 Å². The highest BCUT2D eigenvalue weighted by Gasteiger charge is 2.79. The first-order valence-corrected chi connectivity index (χ1v) is 10.4. The summed E-state index contributed by atoms with van der Waals surface area (Å²) in [5.74, 6) is 3.72. The van der Waals surface area contributed by atoms with Crippen molar-refractivity contribution in [3.05, 3.63) is 0 Å². The molecular formula is C22H34O2. The van der Waals surface area contributed by atoms with Crippen LogP contribution in [0.3, 0.4) is 0 Å². The molecule has 0 aromatic rings. The Balaban J connectivity index is 1.49. The molecule has 0 amide bonds. The zero-order valence-corrected chi connectivity index (χ0v) is 16.0. The number of ether oxygens (including phenoxy) is 1. The summed E-state index contributed by atoms with van der Waals surface area (Å²) in [6.07, 6.45) is 11.4. The third-order valence-electron chi connectivity index (χ3n) is 10.3. The predicted molar refractivity (Wildman–Crippen MR) is 94.3 cm³/mol. The molecule has 0 radical (unpaired) electrons. The van der Waals surface area contributed by atoms with Gasteiger partial charge >= 0.3 is 5.97 Å². The normalized spacial score (nSPS) is 60.2. The third kappa shape index (κ3) is 1.62. The molecule has 6 aliphatic rings. The van der Waals surface area contributed by atoms with Crippen molar-refractivity contribution in [2.45, 2.75) is 79.1 Å². The number of fused-ring (bicyclic) bond motifs is 1. The van der Waals surface area contributed by atoms with E-state index < -0.39 is 0 Å². The van der Waals surface area contributed by atoms with E-state index in [4.69, 9.17) is 4.74 Å². The molecule has 2 heteroatoms. The fraction of sp³-hybridized carbons (Fsp3) is 0.955. The van der Waals surface area contributed by atoms with Gasteiger partial charge in [0.2, 0.25) is 0 Å². The number of hydrogen-bond acceptors (Lipinski definition) is 2. The van der Waals surface area contributed by atoms with Crippen LogP contribution in [0, 0.1) is 45.3 Å². The van der Waals surface area contributed by atoms with Crippen LogP contribution in [0.25, 0.3) is 0 Å². The molecule has 0 heterocycles. The zero-order chi connectivity index (χ0) is 17.0. The van der Waals surface area contributed by atoms with Crippen LogP contribution in [0.4, 0.5) is 0 Å². The summed E-state index contributed by atoms with van der Waals surface area (Å²) in [4.78, 5) is 11.4. The number of carbonyl (C=O) groups is 1. The summed E-state index contributed by atoms with van der Waals surface area (Å²) in [7, 11) is 0. The van der Waals surface area contributed by atoms with Gasteiger partial charge in [0.25, 0.3) is 0 Å². The summed E-state index contributed by atoms with van der Waals surface area (Å²) in [5.41, 5.74) is 2.04. The molecule has 6 fully saturated rings. The van der Waals surface area contributed by atoms with Crippen molar-refractivity contribution in [3.63, 3.8) is 0 Å². The fourth-order valence-corrected chi connectivity index (χ4v) is 9.10. The van der Waals surface area contributed by atoms with Crippen molar-refractivity contribution in [3.8, 4) is 0 Å². The number of esters is 1. The highest BCUT2D eigenvalue weighted by molar-refractivity contribution is 5.65. The average molecular weight is 331 g/mol. The minimum Gasteiger partial charge on any atom is -0.465 e. The van der Waals surface area contributed by atoms with Gasteiger partial charge in [-0.3, -0.25) is 4.79 Å². The van der Waals surface area contributed by atoms with Gasteiger partial charge in [-0.2, -0.15) is 0 Å². The molecule has 0 aliphatic heterocycles. The second kappa shape index (κ2) is 4.41. The smallest absolute Gasteiger partial charge is 0.302 e. The summed E-state index contributed by atoms with van der Waals surface area (Å²) < 4.78 is 5.57. The first-order valence-electron chi connectivity index (χ1n) is 10.4. The fourth-order valence-electron chi connectivity index (χ4n) is 9.10. The Labute approximate surface area is 147 Å². The lowest BCUT2D eigenvalue weighted by Crippen LogP contribution is -2.61. The second-order valence-electron chi connectivity index (χ2n) is 11.0. The average Bonchev–Trinajstić information content (AvgIpc) is 2.90. The van der Waals surface area contributed by atoms with E-state index in [0.29, 0.717) is 17.4 Å². The Morgan fingerprint density at radius 2 is 1.75 bits per heavy atom. The first-order chi connectivity index (χ1) is 11.3. The van der Waals surface area contributed by atoms with Crippen LogP contribution in [0.1, 0.15) is 79.1 Å². The van der Waals surface area contributed by atoms with Gasteiger partial charge in [-0.15, -0.1) is 0 Å². The van der Waals surface area contributed by atoms with Gasteiger partial charge in [-0.05, 0) is 84.9 Å². The molecule has 6 atom stereocenters. The Bertz CT molecular complexity index is 583. The second-order valence-corrected chi connectivity index (χ2v) is 11.0. The van der Waals surface area contributed by atoms with Gasteiger partial charge in [0.15, 0.2) is 0 Å². The van der Waals surface area contributed by atoms with E-state index in [1.165, 1.54) is 51.4 Å². The summed E-state index contributed by atoms with van der Waals surface area (Å²) in [5, 5.41) is 0. The van der Waals surface area contributed by atoms with E-state index in [2.05, 4.69) is 20.8 Å². The molecule has 0 aromatic carbocycles. The Morgan fingerprint density at radius 1 is 1.04 bits per heavy atom. The number of rotatable bonds is 2. The van der Waals surface area contributed by atoms with Gasteiger partial charge in [0.1, 0.15) is 0 Å². The maximum Gasteiger partial charge on any atom is 0.302 e. The van der Waals surface area contributed by atoms with Crippen LogP contribution < -0.4 is 0 Å². The van der Waals surface area contributed by atoms with Gasteiger partial charge in [0.05, 0.1) is 6.61 Å². The quantitative estimate of drug-likeness (QED) is 0.650. The highest BCUT2D eigenvalue weighted by Crippen LogP contribution is 2.86. The topological polar surface area (TPSA) is 26.3 Å². The van der Waals surface area contributed by atoms with Gasteiger partial charge in [-0.25, -0.2) is 0 Å². The van der Waals surface area contributed by atoms with Crippen molar-refractivity contribution >= 4 is 5.97 Å². The standard InChI is InChI=1S/C22H34O2/c1-14(23)24-13-19(2)8-5-9-21(4)18(19)7-6-15-10-20(3)16-11-22(15,21)12-17(16)20/h15-18H,5-13H2,1-4H3. The van der Waals surface area contributed by atoms with Crippen molar-refractivity contribution in [1.29, 1.82) is 0 Å². The van der Waals surface area contributed by atoms with Gasteiger partial charge in [-0.1, -0.05) is 27.2 Å². The molecule has 4 bridgehead atoms. The zero-order valence-electron chi connectivity index (χ0n) is 16.0. The highest BCUT2D eigenvalue weighted by atomic mass is 16.5. The van der Waals surface area contributed by atoms with Crippen LogP contribution in [0.15, 0.2) is 0 Å². The predicted octanol–water partition coefficient (Wildman–Crippen LogP) is 5.21. The number of hydrogen-bond donors (Lipinski definition) is 0. The molecule has 24 heavy (non-hydrogen) atoms. The van der Waals surface area contributed by atoms with E-state index in [-0.39, 0.29) is 11.4 Å². The van der Waals surface area contributed by atoms with Crippen LogP contribution in [-0.2, 0) is 9.53 Å². The van der Waals surface area contributed by atoms with E-state index in [0.717, 1.165) is 29.1 Å². The molecule has 6 saturated carbocycles. The van der Waals surface area contributed by atoms with Crippen molar-refractivity contribution in [1.82, 2.24) is 0 Å². The van der Waals surface area contributed by atoms with Crippen LogP contribution in [0.5, 0.6) is 0 Å². The Hall–Kier alpha value is -0.530. The number of carbonyl (C=O) groups excluding carboxylic acids is 1. The molecule has 6 unspecified atom stereocenters. The lowest BCUT2D eigenvalue weighted by molar-refractivity contribution is -0.202. The molecule has 6 aliphatic carbocycles. The molecule has 0 saturated heterocycles. The summed E-state index contributed by atoms with van der Waals surface area (Å²) in [6, 6.07) is 0. The third-order valence-corrected chi connectivity index (χ3v) is 10.3. The van der Waals surface area contributed by atoms with E-state index >= 15 is 0 Å². The molecule has 0 N–H and O–H groups in total. The maximum atomic E-state index is 11.4. The molecule has 6 rings (SSSR count). The van der Waals surface area contributed by atoms with Gasteiger partial charge < -0.3 is 4.74 Å². The van der Waals surface area contributed by atoms with Crippen molar-refractivity contribution < 1.29 is 9.53 Å². The lowest BCUT2D eigenvalue weighted by atomic mass is 9.37. The van der Waals surface area contributed by atoms with Crippen molar-refractivity contribution in [2.24, 2.45) is 45.3 Å². The minimum absolute atomic E-state index is 0.106. The summed E-state index contributed by atoms with van der Waals surface area (Å²) in [6.45, 7) is 9.88. The maximum absolute atomic E-state index is 11.4. The lowest BCUT2D eigenvalue weighted by Gasteiger charge is -2.68. The SMILES string of the molecule is CC(=O)OCC1(C)CCCC2(C)C1CCC1CC3(C)C4CC12CC43. The molecule has 134 valence electrons. The van der Waals surface area contributed by atoms with E-state index in [1.54, 1.807) is 6.92 Å². The monoisotopic (exact) mass is 330 g/mol. The van der Waals surface area contributed by atoms with Crippen molar-refractivity contribution in [2.75, 3.05) is 6.61 Å². The molecule has 0 aromatic heterocycles. The first kappa shape index (κ1) is 15.7. The largest absolute Gasteiger partial charge is 0.465 e. The van der Waals surface area contributed by atoms with E-state index in [9.17, 15) is 4.79 Å². The Kier molecular flexibility index (Phi) is 2.88. The molecule has 2 nitrogen and oxygen atoms in total.